The highest BCUT2D eigenvalue weighted by Crippen LogP contribution is 2.41. The number of rotatable bonds is 5. The van der Waals surface area contributed by atoms with Crippen molar-refractivity contribution in [3.05, 3.63) is 0 Å². The van der Waals surface area contributed by atoms with Crippen LogP contribution in [0.3, 0.4) is 0 Å². The van der Waals surface area contributed by atoms with Gasteiger partial charge in [0.2, 0.25) is 5.91 Å². The van der Waals surface area contributed by atoms with Crippen LogP contribution in [0.4, 0.5) is 0 Å². The Morgan fingerprint density at radius 1 is 1.26 bits per heavy atom. The number of nitrogens with zero attached hydrogens (tertiary/aromatic N) is 1. The predicted molar refractivity (Wildman–Crippen MR) is 73.6 cm³/mol. The molecule has 1 saturated heterocycles. The third-order valence-corrected chi connectivity index (χ3v) is 5.13. The van der Waals surface area contributed by atoms with Crippen molar-refractivity contribution in [3.8, 4) is 0 Å². The lowest BCUT2D eigenvalue weighted by Crippen LogP contribution is -2.49. The van der Waals surface area contributed by atoms with E-state index in [2.05, 4.69) is 4.90 Å². The van der Waals surface area contributed by atoms with Crippen LogP contribution in [-0.4, -0.2) is 43.2 Å². The fourth-order valence-corrected chi connectivity index (χ4v) is 3.65. The van der Waals surface area contributed by atoms with Crippen LogP contribution in [0.25, 0.3) is 0 Å². The molecule has 19 heavy (non-hydrogen) atoms. The molecule has 1 amide bonds. The summed E-state index contributed by atoms with van der Waals surface area (Å²) in [7, 11) is 0. The SMILES string of the molecule is NCC1(C(=O)N(CC2CCOC2)C2CC2)CCCC1. The zero-order chi connectivity index (χ0) is 13.3. The van der Waals surface area contributed by atoms with Gasteiger partial charge in [0.1, 0.15) is 0 Å². The summed E-state index contributed by atoms with van der Waals surface area (Å²) in [5.41, 5.74) is 5.73. The van der Waals surface area contributed by atoms with Crippen LogP contribution in [0, 0.1) is 11.3 Å². The number of hydrogen-bond donors (Lipinski definition) is 1. The number of nitrogens with two attached hydrogens (primary N) is 1. The molecule has 0 bridgehead atoms. The van der Waals surface area contributed by atoms with Crippen molar-refractivity contribution in [2.24, 2.45) is 17.1 Å². The standard InChI is InChI=1S/C15H26N2O2/c16-11-15(6-1-2-7-15)14(18)17(13-3-4-13)9-12-5-8-19-10-12/h12-13H,1-11,16H2. The van der Waals surface area contributed by atoms with E-state index in [-0.39, 0.29) is 5.41 Å². The van der Waals surface area contributed by atoms with Gasteiger partial charge in [-0.3, -0.25) is 4.79 Å². The molecule has 1 unspecified atom stereocenters. The molecule has 0 spiro atoms. The summed E-state index contributed by atoms with van der Waals surface area (Å²) in [5.74, 6) is 0.891. The van der Waals surface area contributed by atoms with Crippen molar-refractivity contribution in [2.75, 3.05) is 26.3 Å². The van der Waals surface area contributed by atoms with Gasteiger partial charge in [-0.25, -0.2) is 0 Å². The van der Waals surface area contributed by atoms with Gasteiger partial charge in [-0.1, -0.05) is 12.8 Å². The molecular formula is C15H26N2O2. The number of ether oxygens (including phenoxy) is 1. The molecule has 108 valence electrons. The molecule has 1 atom stereocenters. The lowest BCUT2D eigenvalue weighted by molar-refractivity contribution is -0.142. The largest absolute Gasteiger partial charge is 0.381 e. The minimum atomic E-state index is -0.234. The van der Waals surface area contributed by atoms with Crippen molar-refractivity contribution in [1.82, 2.24) is 4.90 Å². The second kappa shape index (κ2) is 5.41. The Labute approximate surface area is 115 Å². The number of hydrogen-bond acceptors (Lipinski definition) is 3. The monoisotopic (exact) mass is 266 g/mol. The number of carbonyl (C=O) groups is 1. The molecule has 1 aliphatic heterocycles. The highest BCUT2D eigenvalue weighted by Gasteiger charge is 2.46. The fourth-order valence-electron chi connectivity index (χ4n) is 3.65. The molecule has 3 fully saturated rings. The van der Waals surface area contributed by atoms with Crippen LogP contribution < -0.4 is 5.73 Å². The molecule has 1 heterocycles. The zero-order valence-corrected chi connectivity index (χ0v) is 11.8. The minimum absolute atomic E-state index is 0.234. The van der Waals surface area contributed by atoms with Gasteiger partial charge in [-0.2, -0.15) is 0 Å². The third kappa shape index (κ3) is 2.65. The summed E-state index contributed by atoms with van der Waals surface area (Å²) >= 11 is 0. The van der Waals surface area contributed by atoms with E-state index < -0.39 is 0 Å². The maximum absolute atomic E-state index is 13.0. The molecule has 4 nitrogen and oxygen atoms in total. The topological polar surface area (TPSA) is 55.6 Å². The van der Waals surface area contributed by atoms with Crippen LogP contribution in [0.2, 0.25) is 0 Å². The van der Waals surface area contributed by atoms with Gasteiger partial charge < -0.3 is 15.4 Å². The summed E-state index contributed by atoms with van der Waals surface area (Å²) in [6.07, 6.45) is 7.77. The Balaban J connectivity index is 1.69. The smallest absolute Gasteiger partial charge is 0.230 e. The number of carbonyl (C=O) groups excluding carboxylic acids is 1. The Kier molecular flexibility index (Phi) is 3.81. The Morgan fingerprint density at radius 3 is 2.53 bits per heavy atom. The second-order valence-corrected chi connectivity index (χ2v) is 6.61. The highest BCUT2D eigenvalue weighted by atomic mass is 16.5. The van der Waals surface area contributed by atoms with Crippen molar-refractivity contribution >= 4 is 5.91 Å². The average molecular weight is 266 g/mol. The fraction of sp³-hybridized carbons (Fsp3) is 0.933. The van der Waals surface area contributed by atoms with Crippen molar-refractivity contribution in [2.45, 2.75) is 51.0 Å². The quantitative estimate of drug-likeness (QED) is 0.821. The van der Waals surface area contributed by atoms with Crippen LogP contribution in [0.1, 0.15) is 44.9 Å². The van der Waals surface area contributed by atoms with Gasteiger partial charge in [-0.15, -0.1) is 0 Å². The highest BCUT2D eigenvalue weighted by molar-refractivity contribution is 5.84. The maximum atomic E-state index is 13.0. The second-order valence-electron chi connectivity index (χ2n) is 6.61. The van der Waals surface area contributed by atoms with Crippen LogP contribution in [0.5, 0.6) is 0 Å². The van der Waals surface area contributed by atoms with Gasteiger partial charge in [0.15, 0.2) is 0 Å². The molecule has 3 rings (SSSR count). The molecule has 0 aromatic carbocycles. The van der Waals surface area contributed by atoms with Crippen molar-refractivity contribution in [1.29, 1.82) is 0 Å². The molecule has 0 aromatic rings. The molecule has 2 N–H and O–H groups in total. The van der Waals surface area contributed by atoms with Crippen molar-refractivity contribution < 1.29 is 9.53 Å². The molecule has 3 aliphatic rings. The van der Waals surface area contributed by atoms with E-state index in [1.807, 2.05) is 0 Å². The summed E-state index contributed by atoms with van der Waals surface area (Å²) in [6, 6.07) is 0.497. The summed E-state index contributed by atoms with van der Waals surface area (Å²) < 4.78 is 5.45. The summed E-state index contributed by atoms with van der Waals surface area (Å²) in [4.78, 5) is 15.1. The normalized spacial score (nSPS) is 29.6. The first kappa shape index (κ1) is 13.4. The van der Waals surface area contributed by atoms with Crippen molar-refractivity contribution in [3.63, 3.8) is 0 Å². The zero-order valence-electron chi connectivity index (χ0n) is 11.8. The van der Waals surface area contributed by atoms with Crippen LogP contribution >= 0.6 is 0 Å². The van der Waals surface area contributed by atoms with E-state index in [0.717, 1.165) is 51.9 Å². The van der Waals surface area contributed by atoms with Gasteiger partial charge in [0.25, 0.3) is 0 Å². The average Bonchev–Trinajstić information content (AvgIpc) is 2.96. The first-order valence-corrected chi connectivity index (χ1v) is 7.84. The number of amides is 1. The molecule has 0 aromatic heterocycles. The van der Waals surface area contributed by atoms with E-state index in [9.17, 15) is 4.79 Å². The Hall–Kier alpha value is -0.610. The van der Waals surface area contributed by atoms with Gasteiger partial charge in [0.05, 0.1) is 12.0 Å². The van der Waals surface area contributed by atoms with Gasteiger partial charge >= 0.3 is 0 Å². The van der Waals surface area contributed by atoms with E-state index >= 15 is 0 Å². The van der Waals surface area contributed by atoms with E-state index in [1.165, 1.54) is 12.8 Å². The summed E-state index contributed by atoms with van der Waals surface area (Å²) in [5, 5.41) is 0. The first-order chi connectivity index (χ1) is 9.25. The minimum Gasteiger partial charge on any atom is -0.381 e. The molecule has 2 saturated carbocycles. The molecule has 4 heteroatoms. The summed E-state index contributed by atoms with van der Waals surface area (Å²) in [6.45, 7) is 3.10. The van der Waals surface area contributed by atoms with E-state index in [4.69, 9.17) is 10.5 Å². The van der Waals surface area contributed by atoms with E-state index in [1.54, 1.807) is 0 Å². The lowest BCUT2D eigenvalue weighted by atomic mass is 9.84. The van der Waals surface area contributed by atoms with Crippen LogP contribution in [0.15, 0.2) is 0 Å². The van der Waals surface area contributed by atoms with Gasteiger partial charge in [-0.05, 0) is 32.1 Å². The maximum Gasteiger partial charge on any atom is 0.230 e. The Morgan fingerprint density at radius 2 is 2.00 bits per heavy atom. The third-order valence-electron chi connectivity index (χ3n) is 5.13. The van der Waals surface area contributed by atoms with E-state index in [0.29, 0.717) is 24.4 Å². The molecular weight excluding hydrogens is 240 g/mol. The van der Waals surface area contributed by atoms with Crippen LogP contribution in [-0.2, 0) is 9.53 Å². The molecule has 2 aliphatic carbocycles. The predicted octanol–water partition coefficient (Wildman–Crippen LogP) is 1.53. The Bertz CT molecular complexity index is 329. The first-order valence-electron chi connectivity index (χ1n) is 7.84. The molecule has 0 radical (unpaired) electrons. The van der Waals surface area contributed by atoms with Gasteiger partial charge in [0, 0.05) is 31.7 Å². The lowest BCUT2D eigenvalue weighted by Gasteiger charge is -2.35.